The third-order valence-corrected chi connectivity index (χ3v) is 10.4. The fourth-order valence-electron chi connectivity index (χ4n) is 7.13. The first-order valence-electron chi connectivity index (χ1n) is 15.8. The lowest BCUT2D eigenvalue weighted by Crippen LogP contribution is -2.62. The van der Waals surface area contributed by atoms with E-state index < -0.39 is 12.1 Å². The Hall–Kier alpha value is -4.44. The molecular weight excluding hydrogens is 586 g/mol. The molecule has 4 heterocycles. The maximum Gasteiger partial charge on any atom is 0.323 e. The van der Waals surface area contributed by atoms with Gasteiger partial charge in [-0.25, -0.2) is 4.79 Å². The summed E-state index contributed by atoms with van der Waals surface area (Å²) in [5, 5.41) is 15.9. The fraction of sp³-hybridized carbons (Fsp3) is 0.371. The summed E-state index contributed by atoms with van der Waals surface area (Å²) in [7, 11) is 0. The van der Waals surface area contributed by atoms with Gasteiger partial charge in [-0.05, 0) is 66.0 Å². The van der Waals surface area contributed by atoms with Gasteiger partial charge in [-0.15, -0.1) is 11.3 Å². The predicted molar refractivity (Wildman–Crippen MR) is 174 cm³/mol. The standard InChI is InChI=1S/C35H37N5O4S/c41-28-13-11-23(12-14-28)18-27-21-39-30(22-38(33(27)42)20-26-9-4-8-25-10-5-16-36-31(25)26)40(29-15-17-45-32(29)34(39)43)35(44)37-19-24-6-2-1-3-7-24/h4-5,8-17,24,27,30,41H,1-3,6-7,18-22H2,(H,37,44). The van der Waals surface area contributed by atoms with E-state index in [2.05, 4.69) is 10.3 Å². The van der Waals surface area contributed by atoms with E-state index in [1.165, 1.54) is 30.6 Å². The Bertz CT molecular complexity index is 1710. The summed E-state index contributed by atoms with van der Waals surface area (Å²) < 4.78 is 0. The Morgan fingerprint density at radius 3 is 2.60 bits per heavy atom. The van der Waals surface area contributed by atoms with E-state index in [0.717, 1.165) is 34.9 Å². The van der Waals surface area contributed by atoms with Gasteiger partial charge in [0.15, 0.2) is 0 Å². The molecule has 2 unspecified atom stereocenters. The van der Waals surface area contributed by atoms with Crippen LogP contribution >= 0.6 is 11.3 Å². The van der Waals surface area contributed by atoms with Crippen molar-refractivity contribution in [2.45, 2.75) is 51.2 Å². The smallest absolute Gasteiger partial charge is 0.323 e. The molecule has 2 aromatic carbocycles. The highest BCUT2D eigenvalue weighted by Crippen LogP contribution is 2.38. The first-order chi connectivity index (χ1) is 22.0. The molecule has 4 amide bonds. The number of aromatic nitrogens is 1. The number of anilines is 1. The number of pyridine rings is 1. The van der Waals surface area contributed by atoms with E-state index in [-0.39, 0.29) is 36.7 Å². The van der Waals surface area contributed by atoms with Crippen LogP contribution in [0.4, 0.5) is 10.5 Å². The molecule has 2 aliphatic heterocycles. The van der Waals surface area contributed by atoms with E-state index in [9.17, 15) is 19.5 Å². The van der Waals surface area contributed by atoms with Crippen LogP contribution in [-0.4, -0.2) is 63.5 Å². The van der Waals surface area contributed by atoms with Crippen LogP contribution in [0.15, 0.2) is 72.2 Å². The maximum atomic E-state index is 14.4. The number of phenolic OH excluding ortho intramolecular Hbond substituents is 1. The van der Waals surface area contributed by atoms with Crippen molar-refractivity contribution in [2.75, 3.05) is 24.5 Å². The number of rotatable bonds is 6. The van der Waals surface area contributed by atoms with E-state index >= 15 is 0 Å². The average Bonchev–Trinajstić information content (AvgIpc) is 3.51. The second-order valence-corrected chi connectivity index (χ2v) is 13.3. The van der Waals surface area contributed by atoms with Crippen molar-refractivity contribution in [2.24, 2.45) is 11.8 Å². The van der Waals surface area contributed by atoms with Gasteiger partial charge in [0.2, 0.25) is 5.91 Å². The molecule has 0 radical (unpaired) electrons. The van der Waals surface area contributed by atoms with E-state index in [1.54, 1.807) is 33.0 Å². The number of amides is 4. The van der Waals surface area contributed by atoms with Crippen LogP contribution in [0.1, 0.15) is 52.9 Å². The highest BCUT2D eigenvalue weighted by Gasteiger charge is 2.47. The normalized spacial score (nSPS) is 20.6. The molecule has 10 heteroatoms. The van der Waals surface area contributed by atoms with Crippen molar-refractivity contribution in [3.63, 3.8) is 0 Å². The summed E-state index contributed by atoms with van der Waals surface area (Å²) in [5.41, 5.74) is 3.22. The Labute approximate surface area is 266 Å². The Balaban J connectivity index is 1.25. The lowest BCUT2D eigenvalue weighted by Gasteiger charge is -2.43. The second-order valence-electron chi connectivity index (χ2n) is 12.4. The Morgan fingerprint density at radius 1 is 0.978 bits per heavy atom. The van der Waals surface area contributed by atoms with Crippen molar-refractivity contribution >= 4 is 45.8 Å². The monoisotopic (exact) mass is 623 g/mol. The summed E-state index contributed by atoms with van der Waals surface area (Å²) in [6, 6.07) is 18.3. The number of para-hydroxylation sites is 1. The zero-order valence-corrected chi connectivity index (χ0v) is 25.9. The molecule has 4 aromatic rings. The quantitative estimate of drug-likeness (QED) is 0.283. The van der Waals surface area contributed by atoms with E-state index in [1.807, 2.05) is 53.9 Å². The van der Waals surface area contributed by atoms with E-state index in [4.69, 9.17) is 0 Å². The molecule has 2 fully saturated rings. The number of hydrogen-bond donors (Lipinski definition) is 2. The predicted octanol–water partition coefficient (Wildman–Crippen LogP) is 5.78. The zero-order valence-electron chi connectivity index (χ0n) is 25.1. The first-order valence-corrected chi connectivity index (χ1v) is 16.7. The van der Waals surface area contributed by atoms with Crippen LogP contribution in [0.25, 0.3) is 10.9 Å². The van der Waals surface area contributed by atoms with Crippen molar-refractivity contribution < 1.29 is 19.5 Å². The third-order valence-electron chi connectivity index (χ3n) is 9.46. The number of phenols is 1. The fourth-order valence-corrected chi connectivity index (χ4v) is 7.97. The lowest BCUT2D eigenvalue weighted by atomic mass is 9.89. The van der Waals surface area contributed by atoms with Gasteiger partial charge in [-0.1, -0.05) is 55.7 Å². The molecular formula is C35H37N5O4S. The third kappa shape index (κ3) is 5.86. The highest BCUT2D eigenvalue weighted by atomic mass is 32.1. The van der Waals surface area contributed by atoms with Gasteiger partial charge in [-0.3, -0.25) is 19.5 Å². The van der Waals surface area contributed by atoms with Crippen molar-refractivity contribution in [3.8, 4) is 5.75 Å². The number of hydrogen-bond acceptors (Lipinski definition) is 6. The van der Waals surface area contributed by atoms with Crippen LogP contribution in [0.2, 0.25) is 0 Å². The van der Waals surface area contributed by atoms with Gasteiger partial charge in [0.25, 0.3) is 5.91 Å². The molecule has 9 nitrogen and oxygen atoms in total. The van der Waals surface area contributed by atoms with E-state index in [0.29, 0.717) is 36.0 Å². The van der Waals surface area contributed by atoms with Crippen LogP contribution in [0.5, 0.6) is 5.75 Å². The molecule has 2 atom stereocenters. The number of fused-ring (bicyclic) bond motifs is 3. The molecule has 7 rings (SSSR count). The first kappa shape index (κ1) is 29.3. The molecule has 0 bridgehead atoms. The van der Waals surface area contributed by atoms with Crippen molar-refractivity contribution in [1.29, 1.82) is 0 Å². The Morgan fingerprint density at radius 2 is 1.78 bits per heavy atom. The van der Waals surface area contributed by atoms with Crippen LogP contribution < -0.4 is 10.2 Å². The van der Waals surface area contributed by atoms with Gasteiger partial charge in [0.05, 0.1) is 23.7 Å². The Kier molecular flexibility index (Phi) is 8.14. The van der Waals surface area contributed by atoms with Gasteiger partial charge >= 0.3 is 6.03 Å². The van der Waals surface area contributed by atoms with Crippen LogP contribution in [-0.2, 0) is 17.8 Å². The molecule has 3 aliphatic rings. The number of nitrogens with zero attached hydrogens (tertiary/aromatic N) is 4. The zero-order chi connectivity index (χ0) is 30.9. The van der Waals surface area contributed by atoms with Gasteiger partial charge in [0.1, 0.15) is 16.8 Å². The van der Waals surface area contributed by atoms with Crippen molar-refractivity contribution in [1.82, 2.24) is 20.1 Å². The second kappa shape index (κ2) is 12.5. The summed E-state index contributed by atoms with van der Waals surface area (Å²) in [6.07, 6.45) is 7.32. The van der Waals surface area contributed by atoms with Crippen LogP contribution in [0, 0.1) is 11.8 Å². The number of thiophene rings is 1. The number of carbonyl (C=O) groups excluding carboxylic acids is 3. The largest absolute Gasteiger partial charge is 0.508 e. The number of benzene rings is 2. The molecule has 1 aliphatic carbocycles. The van der Waals surface area contributed by atoms with Gasteiger partial charge in [-0.2, -0.15) is 0 Å². The topological polar surface area (TPSA) is 106 Å². The minimum atomic E-state index is -0.664. The highest BCUT2D eigenvalue weighted by molar-refractivity contribution is 7.12. The summed E-state index contributed by atoms with van der Waals surface area (Å²) in [6.45, 7) is 1.25. The summed E-state index contributed by atoms with van der Waals surface area (Å²) in [4.78, 5) is 52.9. The SMILES string of the molecule is O=C1C(Cc2ccc(O)cc2)CN2C(=O)c3sccc3N(C(=O)NCC3CCCCC3)C2CN1Cc1cccc2cccnc12. The lowest BCUT2D eigenvalue weighted by molar-refractivity contribution is -0.135. The number of carbonyl (C=O) groups is 3. The molecule has 2 aromatic heterocycles. The number of urea groups is 1. The molecule has 2 N–H and O–H groups in total. The molecule has 1 saturated carbocycles. The average molecular weight is 624 g/mol. The van der Waals surface area contributed by atoms with Gasteiger partial charge < -0.3 is 20.2 Å². The van der Waals surface area contributed by atoms with Crippen molar-refractivity contribution in [3.05, 3.63) is 88.2 Å². The maximum absolute atomic E-state index is 14.4. The summed E-state index contributed by atoms with van der Waals surface area (Å²) in [5.74, 6) is -0.168. The molecule has 45 heavy (non-hydrogen) atoms. The molecule has 0 spiro atoms. The van der Waals surface area contributed by atoms with Crippen LogP contribution in [0.3, 0.4) is 0 Å². The number of aromatic hydroxyl groups is 1. The van der Waals surface area contributed by atoms with Gasteiger partial charge in [0, 0.05) is 31.2 Å². The minimum absolute atomic E-state index is 0.0795. The molecule has 1 saturated heterocycles. The minimum Gasteiger partial charge on any atom is -0.508 e. The molecule has 232 valence electrons. The summed E-state index contributed by atoms with van der Waals surface area (Å²) >= 11 is 1.33. The number of nitrogens with one attached hydrogen (secondary N) is 1.